The standard InChI is InChI=1S/C12H16F2N2O4S/c1-16(2)10(17)4-3-7-20-8-5-6-9(21(15,18)19)12(14)11(8)13/h5-6H,3-4,7H2,1-2H3,(H2,15,18,19). The molecule has 0 atom stereocenters. The molecule has 0 unspecified atom stereocenters. The highest BCUT2D eigenvalue weighted by Gasteiger charge is 2.21. The van der Waals surface area contributed by atoms with Crippen LogP contribution in [0, 0.1) is 11.6 Å². The first kappa shape index (κ1) is 17.3. The third-order valence-electron chi connectivity index (χ3n) is 2.61. The Morgan fingerprint density at radius 1 is 1.29 bits per heavy atom. The number of hydrogen-bond acceptors (Lipinski definition) is 4. The molecular weight excluding hydrogens is 306 g/mol. The predicted molar refractivity (Wildman–Crippen MR) is 71.2 cm³/mol. The molecule has 0 spiro atoms. The molecule has 0 heterocycles. The molecule has 118 valence electrons. The Morgan fingerprint density at radius 3 is 2.43 bits per heavy atom. The Bertz CT molecular complexity index is 632. The van der Waals surface area contributed by atoms with E-state index < -0.39 is 32.3 Å². The predicted octanol–water partition coefficient (Wildman–Crippen LogP) is 0.859. The molecule has 6 nitrogen and oxygen atoms in total. The van der Waals surface area contributed by atoms with E-state index in [-0.39, 0.29) is 18.9 Å². The lowest BCUT2D eigenvalue weighted by Gasteiger charge is -2.11. The number of rotatable bonds is 6. The minimum absolute atomic E-state index is 0.00926. The van der Waals surface area contributed by atoms with Gasteiger partial charge in [-0.2, -0.15) is 4.39 Å². The van der Waals surface area contributed by atoms with Crippen LogP contribution in [0.15, 0.2) is 17.0 Å². The summed E-state index contributed by atoms with van der Waals surface area (Å²) in [6.45, 7) is -0.00926. The summed E-state index contributed by atoms with van der Waals surface area (Å²) in [6.07, 6.45) is 0.515. The molecule has 0 saturated heterocycles. The van der Waals surface area contributed by atoms with Gasteiger partial charge in [0, 0.05) is 20.5 Å². The van der Waals surface area contributed by atoms with Gasteiger partial charge in [0.1, 0.15) is 4.90 Å². The largest absolute Gasteiger partial charge is 0.490 e. The molecule has 0 fully saturated rings. The Labute approximate surface area is 121 Å². The quantitative estimate of drug-likeness (QED) is 0.787. The molecule has 0 aliphatic rings. The van der Waals surface area contributed by atoms with Gasteiger partial charge in [0.25, 0.3) is 0 Å². The third kappa shape index (κ3) is 4.64. The first-order chi connectivity index (χ1) is 9.64. The number of sulfonamides is 1. The summed E-state index contributed by atoms with van der Waals surface area (Å²) in [5.41, 5.74) is 0. The second kappa shape index (κ2) is 6.81. The summed E-state index contributed by atoms with van der Waals surface area (Å²) < 4.78 is 54.1. The minimum atomic E-state index is -4.34. The number of carbonyl (C=O) groups is 1. The van der Waals surface area contributed by atoms with Gasteiger partial charge >= 0.3 is 0 Å². The monoisotopic (exact) mass is 322 g/mol. The van der Waals surface area contributed by atoms with E-state index in [1.54, 1.807) is 14.1 Å². The van der Waals surface area contributed by atoms with Crippen LogP contribution in [0.4, 0.5) is 8.78 Å². The number of hydrogen-bond donors (Lipinski definition) is 1. The number of primary sulfonamides is 1. The molecule has 0 aliphatic carbocycles. The van der Waals surface area contributed by atoms with Crippen LogP contribution in [0.3, 0.4) is 0 Å². The molecule has 9 heteroatoms. The second-order valence-electron chi connectivity index (χ2n) is 4.47. The zero-order valence-electron chi connectivity index (χ0n) is 11.6. The number of ether oxygens (including phenoxy) is 1. The fourth-order valence-corrected chi connectivity index (χ4v) is 2.07. The van der Waals surface area contributed by atoms with E-state index in [0.29, 0.717) is 6.42 Å². The number of benzene rings is 1. The van der Waals surface area contributed by atoms with E-state index in [9.17, 15) is 22.0 Å². The molecule has 0 aliphatic heterocycles. The number of halogens is 2. The van der Waals surface area contributed by atoms with Crippen molar-refractivity contribution >= 4 is 15.9 Å². The average Bonchev–Trinajstić information content (AvgIpc) is 2.37. The lowest BCUT2D eigenvalue weighted by molar-refractivity contribution is -0.128. The first-order valence-corrected chi connectivity index (χ1v) is 7.53. The SMILES string of the molecule is CN(C)C(=O)CCCOc1ccc(S(N)(=O)=O)c(F)c1F. The Kier molecular flexibility index (Phi) is 5.62. The van der Waals surface area contributed by atoms with Crippen molar-refractivity contribution in [3.05, 3.63) is 23.8 Å². The van der Waals surface area contributed by atoms with Gasteiger partial charge in [-0.3, -0.25) is 4.79 Å². The van der Waals surface area contributed by atoms with Crippen LogP contribution < -0.4 is 9.88 Å². The van der Waals surface area contributed by atoms with Crippen LogP contribution in [0.25, 0.3) is 0 Å². The van der Waals surface area contributed by atoms with Crippen molar-refractivity contribution in [2.45, 2.75) is 17.7 Å². The molecule has 0 aromatic heterocycles. The van der Waals surface area contributed by atoms with Crippen molar-refractivity contribution in [3.8, 4) is 5.75 Å². The lowest BCUT2D eigenvalue weighted by Crippen LogP contribution is -2.21. The van der Waals surface area contributed by atoms with E-state index in [1.165, 1.54) is 4.90 Å². The number of carbonyl (C=O) groups excluding carboxylic acids is 1. The summed E-state index contributed by atoms with van der Waals surface area (Å²) in [4.78, 5) is 11.8. The smallest absolute Gasteiger partial charge is 0.241 e. The van der Waals surface area contributed by atoms with Gasteiger partial charge in [0.15, 0.2) is 11.6 Å². The van der Waals surface area contributed by atoms with Gasteiger partial charge in [-0.1, -0.05) is 0 Å². The van der Waals surface area contributed by atoms with Crippen LogP contribution in [0.1, 0.15) is 12.8 Å². The highest BCUT2D eigenvalue weighted by atomic mass is 32.2. The van der Waals surface area contributed by atoms with E-state index in [0.717, 1.165) is 12.1 Å². The van der Waals surface area contributed by atoms with E-state index in [4.69, 9.17) is 9.88 Å². The highest BCUT2D eigenvalue weighted by molar-refractivity contribution is 7.89. The summed E-state index contributed by atoms with van der Waals surface area (Å²) in [5.74, 6) is -3.56. The van der Waals surface area contributed by atoms with Crippen LogP contribution in [-0.2, 0) is 14.8 Å². The maximum atomic E-state index is 13.6. The van der Waals surface area contributed by atoms with Crippen molar-refractivity contribution in [1.29, 1.82) is 0 Å². The number of nitrogens with two attached hydrogens (primary N) is 1. The third-order valence-corrected chi connectivity index (χ3v) is 3.54. The van der Waals surface area contributed by atoms with Crippen LogP contribution >= 0.6 is 0 Å². The summed E-state index contributed by atoms with van der Waals surface area (Å²) >= 11 is 0. The highest BCUT2D eigenvalue weighted by Crippen LogP contribution is 2.25. The van der Waals surface area contributed by atoms with Gasteiger partial charge in [0.05, 0.1) is 6.61 Å². The van der Waals surface area contributed by atoms with Crippen molar-refractivity contribution in [2.24, 2.45) is 5.14 Å². The molecule has 21 heavy (non-hydrogen) atoms. The fourth-order valence-electron chi connectivity index (χ4n) is 1.47. The Balaban J connectivity index is 2.70. The molecular formula is C12H16F2N2O4S. The molecule has 1 aromatic rings. The molecule has 0 radical (unpaired) electrons. The van der Waals surface area contributed by atoms with Gasteiger partial charge in [-0.25, -0.2) is 17.9 Å². The Morgan fingerprint density at radius 2 is 1.90 bits per heavy atom. The zero-order valence-corrected chi connectivity index (χ0v) is 12.4. The summed E-state index contributed by atoms with van der Waals surface area (Å²) in [5, 5.41) is 4.74. The van der Waals surface area contributed by atoms with Crippen molar-refractivity contribution in [2.75, 3.05) is 20.7 Å². The van der Waals surface area contributed by atoms with E-state index >= 15 is 0 Å². The van der Waals surface area contributed by atoms with Crippen LogP contribution in [-0.4, -0.2) is 39.9 Å². The van der Waals surface area contributed by atoms with Gasteiger partial charge < -0.3 is 9.64 Å². The summed E-state index contributed by atoms with van der Waals surface area (Å²) in [6, 6.07) is 1.81. The topological polar surface area (TPSA) is 89.7 Å². The lowest BCUT2D eigenvalue weighted by atomic mass is 10.3. The molecule has 1 amide bonds. The van der Waals surface area contributed by atoms with Gasteiger partial charge in [-0.15, -0.1) is 0 Å². The van der Waals surface area contributed by atoms with Crippen molar-refractivity contribution < 1.29 is 26.7 Å². The Hall–Kier alpha value is -1.74. The van der Waals surface area contributed by atoms with E-state index in [1.807, 2.05) is 0 Å². The fraction of sp³-hybridized carbons (Fsp3) is 0.417. The minimum Gasteiger partial charge on any atom is -0.490 e. The molecule has 0 bridgehead atoms. The van der Waals surface area contributed by atoms with Gasteiger partial charge in [0.2, 0.25) is 21.7 Å². The number of amides is 1. The molecule has 1 aromatic carbocycles. The zero-order chi connectivity index (χ0) is 16.2. The number of nitrogens with zero attached hydrogens (tertiary/aromatic N) is 1. The van der Waals surface area contributed by atoms with E-state index in [2.05, 4.69) is 0 Å². The molecule has 2 N–H and O–H groups in total. The normalized spacial score (nSPS) is 11.3. The first-order valence-electron chi connectivity index (χ1n) is 5.98. The van der Waals surface area contributed by atoms with Crippen LogP contribution in [0.2, 0.25) is 0 Å². The summed E-state index contributed by atoms with van der Waals surface area (Å²) in [7, 11) is -1.14. The van der Waals surface area contributed by atoms with Crippen molar-refractivity contribution in [1.82, 2.24) is 4.90 Å². The average molecular weight is 322 g/mol. The maximum Gasteiger partial charge on any atom is 0.241 e. The van der Waals surface area contributed by atoms with Gasteiger partial charge in [-0.05, 0) is 18.6 Å². The second-order valence-corrected chi connectivity index (χ2v) is 6.00. The maximum absolute atomic E-state index is 13.6. The molecule has 0 saturated carbocycles. The van der Waals surface area contributed by atoms with Crippen molar-refractivity contribution in [3.63, 3.8) is 0 Å². The molecule has 1 rings (SSSR count). The van der Waals surface area contributed by atoms with Crippen LogP contribution in [0.5, 0.6) is 5.75 Å².